The van der Waals surface area contributed by atoms with E-state index in [1.807, 2.05) is 12.3 Å². The summed E-state index contributed by atoms with van der Waals surface area (Å²) in [5.74, 6) is 0.928. The summed E-state index contributed by atoms with van der Waals surface area (Å²) in [6, 6.07) is 4.40. The van der Waals surface area contributed by atoms with E-state index < -0.39 is 0 Å². The van der Waals surface area contributed by atoms with Crippen molar-refractivity contribution in [2.24, 2.45) is 0 Å². The van der Waals surface area contributed by atoms with Gasteiger partial charge in [0.15, 0.2) is 0 Å². The molecule has 1 aliphatic rings. The van der Waals surface area contributed by atoms with E-state index in [2.05, 4.69) is 37.7 Å². The molecule has 0 radical (unpaired) electrons. The van der Waals surface area contributed by atoms with Gasteiger partial charge in [0.25, 0.3) is 0 Å². The fourth-order valence-electron chi connectivity index (χ4n) is 2.20. The van der Waals surface area contributed by atoms with Crippen molar-refractivity contribution in [3.63, 3.8) is 0 Å². The Morgan fingerprint density at radius 3 is 3.06 bits per heavy atom. The van der Waals surface area contributed by atoms with E-state index in [0.29, 0.717) is 6.04 Å². The molecule has 2 aromatic heterocycles. The highest BCUT2D eigenvalue weighted by atomic mass is 79.9. The number of hydrogen-bond donors (Lipinski definition) is 1. The van der Waals surface area contributed by atoms with Crippen LogP contribution in [0.15, 0.2) is 28.2 Å². The Bertz CT molecular complexity index is 535. The molecule has 0 bridgehead atoms. The quantitative estimate of drug-likeness (QED) is 0.913. The second-order valence-electron chi connectivity index (χ2n) is 4.43. The summed E-state index contributed by atoms with van der Waals surface area (Å²) in [4.78, 5) is 10.3. The predicted molar refractivity (Wildman–Crippen MR) is 77.6 cm³/mol. The number of hydrogen-bond acceptors (Lipinski definition) is 4. The summed E-state index contributed by atoms with van der Waals surface area (Å²) in [5.41, 5.74) is 1.02. The minimum atomic E-state index is 0.321. The zero-order chi connectivity index (χ0) is 12.4. The van der Waals surface area contributed by atoms with Crippen LogP contribution in [0.2, 0.25) is 0 Å². The molecule has 0 aliphatic carbocycles. The van der Waals surface area contributed by atoms with Crippen molar-refractivity contribution in [3.8, 4) is 10.6 Å². The van der Waals surface area contributed by atoms with Gasteiger partial charge in [-0.25, -0.2) is 9.97 Å². The SMILES string of the molecule is Brc1csc(-c2ccnc(C3CCCCN3)n2)c1. The monoisotopic (exact) mass is 323 g/mol. The average Bonchev–Trinajstić information content (AvgIpc) is 2.87. The second-order valence-corrected chi connectivity index (χ2v) is 6.26. The van der Waals surface area contributed by atoms with E-state index in [1.54, 1.807) is 11.3 Å². The van der Waals surface area contributed by atoms with Crippen LogP contribution in [0.5, 0.6) is 0 Å². The standard InChI is InChI=1S/C13H14BrN3S/c14-9-7-12(18-8-9)10-4-6-16-13(17-10)11-3-1-2-5-15-11/h4,6-8,11,15H,1-3,5H2. The van der Waals surface area contributed by atoms with Crippen molar-refractivity contribution in [1.29, 1.82) is 0 Å². The van der Waals surface area contributed by atoms with Crippen LogP contribution < -0.4 is 5.32 Å². The van der Waals surface area contributed by atoms with Crippen LogP contribution in [0.25, 0.3) is 10.6 Å². The Kier molecular flexibility index (Phi) is 3.72. The van der Waals surface area contributed by atoms with Gasteiger partial charge in [0.2, 0.25) is 0 Å². The summed E-state index contributed by atoms with van der Waals surface area (Å²) in [7, 11) is 0. The lowest BCUT2D eigenvalue weighted by Gasteiger charge is -2.22. The summed E-state index contributed by atoms with van der Waals surface area (Å²) in [5, 5.41) is 5.57. The summed E-state index contributed by atoms with van der Waals surface area (Å²) < 4.78 is 1.11. The van der Waals surface area contributed by atoms with Crippen LogP contribution in [0.3, 0.4) is 0 Å². The van der Waals surface area contributed by atoms with E-state index >= 15 is 0 Å². The lowest BCUT2D eigenvalue weighted by molar-refractivity contribution is 0.397. The molecule has 1 atom stereocenters. The zero-order valence-electron chi connectivity index (χ0n) is 9.90. The molecule has 0 spiro atoms. The first-order valence-corrected chi connectivity index (χ1v) is 7.81. The van der Waals surface area contributed by atoms with Gasteiger partial charge in [0.1, 0.15) is 5.82 Å². The van der Waals surface area contributed by atoms with Crippen molar-refractivity contribution < 1.29 is 0 Å². The molecule has 0 amide bonds. The number of piperidine rings is 1. The van der Waals surface area contributed by atoms with Gasteiger partial charge < -0.3 is 5.32 Å². The number of rotatable bonds is 2. The van der Waals surface area contributed by atoms with Crippen LogP contribution in [0, 0.1) is 0 Å². The predicted octanol–water partition coefficient (Wildman–Crippen LogP) is 3.78. The number of nitrogens with zero attached hydrogens (tertiary/aromatic N) is 2. The maximum atomic E-state index is 4.70. The number of halogens is 1. The molecule has 3 rings (SSSR count). The first-order valence-electron chi connectivity index (χ1n) is 6.14. The molecule has 3 nitrogen and oxygen atoms in total. The van der Waals surface area contributed by atoms with E-state index in [9.17, 15) is 0 Å². The van der Waals surface area contributed by atoms with Crippen molar-refractivity contribution in [2.75, 3.05) is 6.54 Å². The van der Waals surface area contributed by atoms with E-state index in [-0.39, 0.29) is 0 Å². The number of nitrogens with one attached hydrogen (secondary N) is 1. The topological polar surface area (TPSA) is 37.8 Å². The summed E-state index contributed by atoms with van der Waals surface area (Å²) >= 11 is 5.18. The molecule has 0 aromatic carbocycles. The van der Waals surface area contributed by atoms with E-state index in [1.165, 1.54) is 17.7 Å². The number of thiophene rings is 1. The molecular weight excluding hydrogens is 310 g/mol. The molecule has 2 aromatic rings. The first kappa shape index (κ1) is 12.3. The molecule has 3 heterocycles. The van der Waals surface area contributed by atoms with Gasteiger partial charge in [-0.15, -0.1) is 11.3 Å². The van der Waals surface area contributed by atoms with Crippen LogP contribution in [0.1, 0.15) is 31.1 Å². The fourth-order valence-corrected chi connectivity index (χ4v) is 3.60. The van der Waals surface area contributed by atoms with Gasteiger partial charge in [0.05, 0.1) is 16.6 Å². The Labute approximate surface area is 119 Å². The molecule has 1 saturated heterocycles. The van der Waals surface area contributed by atoms with Gasteiger partial charge in [-0.2, -0.15) is 0 Å². The minimum absolute atomic E-state index is 0.321. The van der Waals surface area contributed by atoms with Crippen molar-refractivity contribution in [2.45, 2.75) is 25.3 Å². The summed E-state index contributed by atoms with van der Waals surface area (Å²) in [6.07, 6.45) is 5.52. The van der Waals surface area contributed by atoms with Crippen LogP contribution in [-0.2, 0) is 0 Å². The zero-order valence-corrected chi connectivity index (χ0v) is 12.3. The Hall–Kier alpha value is -0.780. The highest BCUT2D eigenvalue weighted by Gasteiger charge is 2.17. The molecule has 1 aliphatic heterocycles. The molecular formula is C13H14BrN3S. The van der Waals surface area contributed by atoms with Crippen LogP contribution in [0.4, 0.5) is 0 Å². The van der Waals surface area contributed by atoms with Crippen molar-refractivity contribution in [1.82, 2.24) is 15.3 Å². The van der Waals surface area contributed by atoms with Gasteiger partial charge in [-0.3, -0.25) is 0 Å². The lowest BCUT2D eigenvalue weighted by Crippen LogP contribution is -2.28. The molecule has 18 heavy (non-hydrogen) atoms. The van der Waals surface area contributed by atoms with Crippen molar-refractivity contribution >= 4 is 27.3 Å². The lowest BCUT2D eigenvalue weighted by atomic mass is 10.0. The van der Waals surface area contributed by atoms with Crippen LogP contribution >= 0.6 is 27.3 Å². The molecule has 1 N–H and O–H groups in total. The molecule has 94 valence electrons. The third kappa shape index (κ3) is 2.63. The Morgan fingerprint density at radius 2 is 2.33 bits per heavy atom. The normalized spacial score (nSPS) is 19.9. The Morgan fingerprint density at radius 1 is 1.39 bits per heavy atom. The third-order valence-corrected chi connectivity index (χ3v) is 4.83. The smallest absolute Gasteiger partial charge is 0.145 e. The maximum absolute atomic E-state index is 4.70. The second kappa shape index (κ2) is 5.47. The Balaban J connectivity index is 1.88. The number of aromatic nitrogens is 2. The highest BCUT2D eigenvalue weighted by Crippen LogP contribution is 2.29. The van der Waals surface area contributed by atoms with Gasteiger partial charge >= 0.3 is 0 Å². The fraction of sp³-hybridized carbons (Fsp3) is 0.385. The maximum Gasteiger partial charge on any atom is 0.145 e. The van der Waals surface area contributed by atoms with E-state index in [4.69, 9.17) is 4.98 Å². The van der Waals surface area contributed by atoms with Crippen LogP contribution in [-0.4, -0.2) is 16.5 Å². The van der Waals surface area contributed by atoms with E-state index in [0.717, 1.165) is 29.0 Å². The molecule has 1 fully saturated rings. The van der Waals surface area contributed by atoms with Gasteiger partial charge in [0, 0.05) is 16.0 Å². The summed E-state index contributed by atoms with van der Waals surface area (Å²) in [6.45, 7) is 1.07. The largest absolute Gasteiger partial charge is 0.307 e. The minimum Gasteiger partial charge on any atom is -0.307 e. The third-order valence-electron chi connectivity index (χ3n) is 3.12. The van der Waals surface area contributed by atoms with Gasteiger partial charge in [-0.1, -0.05) is 6.42 Å². The molecule has 0 saturated carbocycles. The first-order chi connectivity index (χ1) is 8.83. The van der Waals surface area contributed by atoms with Gasteiger partial charge in [-0.05, 0) is 47.4 Å². The molecule has 5 heteroatoms. The highest BCUT2D eigenvalue weighted by molar-refractivity contribution is 9.10. The average molecular weight is 324 g/mol. The molecule has 1 unspecified atom stereocenters. The van der Waals surface area contributed by atoms with Crippen molar-refractivity contribution in [3.05, 3.63) is 34.0 Å².